The first-order valence-electron chi connectivity index (χ1n) is 7.03. The van der Waals surface area contributed by atoms with Crippen LogP contribution in [0.5, 0.6) is 0 Å². The Kier molecular flexibility index (Phi) is 3.79. The van der Waals surface area contributed by atoms with Gasteiger partial charge in [0.2, 0.25) is 5.91 Å². The van der Waals surface area contributed by atoms with E-state index in [-0.39, 0.29) is 0 Å². The van der Waals surface area contributed by atoms with Gasteiger partial charge in [0.15, 0.2) is 0 Å². The molecule has 2 aliphatic rings. The molecule has 2 saturated heterocycles. The first-order chi connectivity index (χ1) is 9.22. The molecule has 19 heavy (non-hydrogen) atoms. The topological polar surface area (TPSA) is 49.3 Å². The average molecular weight is 280 g/mol. The number of carbonyl (C=O) groups is 1. The molecule has 1 atom stereocenters. The summed E-state index contributed by atoms with van der Waals surface area (Å²) >= 11 is 1.67. The number of hydrogen-bond acceptors (Lipinski definition) is 5. The zero-order chi connectivity index (χ0) is 13.2. The number of aryl methyl sites for hydroxylation is 1. The van der Waals surface area contributed by atoms with Crippen molar-refractivity contribution in [1.29, 1.82) is 0 Å². The van der Waals surface area contributed by atoms with Gasteiger partial charge in [-0.3, -0.25) is 9.69 Å². The molecule has 0 unspecified atom stereocenters. The van der Waals surface area contributed by atoms with Crippen LogP contribution < -0.4 is 0 Å². The van der Waals surface area contributed by atoms with Crippen LogP contribution in [0.15, 0.2) is 0 Å². The van der Waals surface area contributed by atoms with Gasteiger partial charge in [-0.25, -0.2) is 0 Å². The lowest BCUT2D eigenvalue weighted by Gasteiger charge is -2.37. The zero-order valence-corrected chi connectivity index (χ0v) is 12.2. The van der Waals surface area contributed by atoms with Crippen LogP contribution in [0.3, 0.4) is 0 Å². The van der Waals surface area contributed by atoms with Crippen molar-refractivity contribution in [3.8, 4) is 0 Å². The number of piperidine rings is 1. The Balaban J connectivity index is 1.60. The van der Waals surface area contributed by atoms with Crippen molar-refractivity contribution in [3.05, 3.63) is 10.0 Å². The Morgan fingerprint density at radius 2 is 2.21 bits per heavy atom. The minimum Gasteiger partial charge on any atom is -0.338 e. The van der Waals surface area contributed by atoms with E-state index in [1.165, 1.54) is 6.42 Å². The summed E-state index contributed by atoms with van der Waals surface area (Å²) in [7, 11) is 0. The molecule has 0 spiro atoms. The fourth-order valence-corrected chi connectivity index (χ4v) is 3.83. The second kappa shape index (κ2) is 5.54. The molecule has 0 saturated carbocycles. The SMILES string of the molecule is Cc1nnc(CN2CCC[C@@H](N3CCCC3=O)C2)s1. The van der Waals surface area contributed by atoms with E-state index in [1.54, 1.807) is 11.3 Å². The van der Waals surface area contributed by atoms with Gasteiger partial charge in [0.1, 0.15) is 10.0 Å². The van der Waals surface area contributed by atoms with E-state index in [2.05, 4.69) is 20.0 Å². The highest BCUT2D eigenvalue weighted by molar-refractivity contribution is 7.11. The fraction of sp³-hybridized carbons (Fsp3) is 0.769. The highest BCUT2D eigenvalue weighted by atomic mass is 32.1. The van der Waals surface area contributed by atoms with Crippen molar-refractivity contribution >= 4 is 17.2 Å². The minimum absolute atomic E-state index is 0.346. The second-order valence-electron chi connectivity index (χ2n) is 5.44. The monoisotopic (exact) mass is 280 g/mol. The number of amides is 1. The molecule has 1 amide bonds. The molecular formula is C13H20N4OS. The predicted octanol–water partition coefficient (Wildman–Crippen LogP) is 1.43. The highest BCUT2D eigenvalue weighted by Gasteiger charge is 2.31. The molecule has 0 aromatic carbocycles. The normalized spacial score (nSPS) is 25.2. The molecule has 1 aromatic heterocycles. The first-order valence-corrected chi connectivity index (χ1v) is 7.85. The molecule has 3 heterocycles. The number of rotatable bonds is 3. The minimum atomic E-state index is 0.346. The zero-order valence-electron chi connectivity index (χ0n) is 11.3. The van der Waals surface area contributed by atoms with Gasteiger partial charge >= 0.3 is 0 Å². The molecule has 5 nitrogen and oxygen atoms in total. The smallest absolute Gasteiger partial charge is 0.222 e. The lowest BCUT2D eigenvalue weighted by molar-refractivity contribution is -0.130. The Morgan fingerprint density at radius 1 is 1.32 bits per heavy atom. The summed E-state index contributed by atoms with van der Waals surface area (Å²) in [4.78, 5) is 16.3. The second-order valence-corrected chi connectivity index (χ2v) is 6.70. The van der Waals surface area contributed by atoms with E-state index in [9.17, 15) is 4.79 Å². The number of aromatic nitrogens is 2. The molecule has 0 radical (unpaired) electrons. The van der Waals surface area contributed by atoms with Crippen molar-refractivity contribution in [3.63, 3.8) is 0 Å². The lowest BCUT2D eigenvalue weighted by atomic mass is 10.0. The summed E-state index contributed by atoms with van der Waals surface area (Å²) in [5.41, 5.74) is 0. The van der Waals surface area contributed by atoms with E-state index in [1.807, 2.05) is 6.92 Å². The van der Waals surface area contributed by atoms with Crippen LogP contribution in [-0.4, -0.2) is 51.6 Å². The van der Waals surface area contributed by atoms with Crippen LogP contribution in [0.25, 0.3) is 0 Å². The summed E-state index contributed by atoms with van der Waals surface area (Å²) in [6, 6.07) is 0.415. The number of nitrogens with zero attached hydrogens (tertiary/aromatic N) is 4. The molecule has 1 aromatic rings. The van der Waals surface area contributed by atoms with Crippen LogP contribution in [-0.2, 0) is 11.3 Å². The first kappa shape index (κ1) is 13.0. The molecule has 0 aliphatic carbocycles. The summed E-state index contributed by atoms with van der Waals surface area (Å²) in [5, 5.41) is 10.4. The van der Waals surface area contributed by atoms with Crippen molar-refractivity contribution in [2.75, 3.05) is 19.6 Å². The van der Waals surface area contributed by atoms with Gasteiger partial charge in [0.05, 0.1) is 6.54 Å². The van der Waals surface area contributed by atoms with E-state index >= 15 is 0 Å². The maximum Gasteiger partial charge on any atom is 0.222 e. The molecular weight excluding hydrogens is 260 g/mol. The molecule has 3 rings (SSSR count). The van der Waals surface area contributed by atoms with Crippen LogP contribution in [0.4, 0.5) is 0 Å². The van der Waals surface area contributed by atoms with Crippen molar-refractivity contribution < 1.29 is 4.79 Å². The van der Waals surface area contributed by atoms with Gasteiger partial charge in [0.25, 0.3) is 0 Å². The van der Waals surface area contributed by atoms with Gasteiger partial charge in [0, 0.05) is 25.6 Å². The molecule has 2 fully saturated rings. The molecule has 6 heteroatoms. The lowest BCUT2D eigenvalue weighted by Crippen LogP contribution is -2.48. The van der Waals surface area contributed by atoms with E-state index in [0.717, 1.165) is 55.5 Å². The van der Waals surface area contributed by atoms with Crippen molar-refractivity contribution in [1.82, 2.24) is 20.0 Å². The van der Waals surface area contributed by atoms with E-state index < -0.39 is 0 Å². The van der Waals surface area contributed by atoms with Crippen LogP contribution in [0.1, 0.15) is 35.7 Å². The van der Waals surface area contributed by atoms with Crippen LogP contribution in [0, 0.1) is 6.92 Å². The summed E-state index contributed by atoms with van der Waals surface area (Å²) < 4.78 is 0. The van der Waals surface area contributed by atoms with Gasteiger partial charge in [-0.2, -0.15) is 0 Å². The standard InChI is InChI=1S/C13H20N4OS/c1-10-14-15-12(19-10)9-16-6-2-4-11(8-16)17-7-3-5-13(17)18/h11H,2-9H2,1H3/t11-/m1/s1. The van der Waals surface area contributed by atoms with Gasteiger partial charge < -0.3 is 4.90 Å². The largest absolute Gasteiger partial charge is 0.338 e. The highest BCUT2D eigenvalue weighted by Crippen LogP contribution is 2.23. The van der Waals surface area contributed by atoms with Crippen LogP contribution >= 0.6 is 11.3 Å². The Bertz CT molecular complexity index is 461. The molecule has 104 valence electrons. The molecule has 2 aliphatic heterocycles. The van der Waals surface area contributed by atoms with Crippen molar-refractivity contribution in [2.45, 2.75) is 45.2 Å². The third kappa shape index (κ3) is 2.95. The number of likely N-dealkylation sites (tertiary alicyclic amines) is 2. The van der Waals surface area contributed by atoms with Gasteiger partial charge in [-0.05, 0) is 32.7 Å². The van der Waals surface area contributed by atoms with Gasteiger partial charge in [-0.1, -0.05) is 0 Å². The van der Waals surface area contributed by atoms with Crippen molar-refractivity contribution in [2.24, 2.45) is 0 Å². The summed E-state index contributed by atoms with van der Waals surface area (Å²) in [6.07, 6.45) is 4.10. The quantitative estimate of drug-likeness (QED) is 0.840. The Labute approximate surface area is 117 Å². The average Bonchev–Trinajstić information content (AvgIpc) is 2.99. The number of hydrogen-bond donors (Lipinski definition) is 0. The maximum absolute atomic E-state index is 11.8. The van der Waals surface area contributed by atoms with E-state index in [4.69, 9.17) is 0 Å². The predicted molar refractivity (Wildman–Crippen MR) is 73.9 cm³/mol. The third-order valence-electron chi connectivity index (χ3n) is 3.96. The number of carbonyl (C=O) groups excluding carboxylic acids is 1. The molecule has 0 bridgehead atoms. The third-order valence-corrected chi connectivity index (χ3v) is 4.78. The summed E-state index contributed by atoms with van der Waals surface area (Å²) in [6.45, 7) is 5.92. The van der Waals surface area contributed by atoms with Gasteiger partial charge in [-0.15, -0.1) is 21.5 Å². The molecule has 0 N–H and O–H groups in total. The Morgan fingerprint density at radius 3 is 2.89 bits per heavy atom. The summed E-state index contributed by atoms with van der Waals surface area (Å²) in [5.74, 6) is 0.346. The Hall–Kier alpha value is -1.01. The van der Waals surface area contributed by atoms with E-state index in [0.29, 0.717) is 11.9 Å². The van der Waals surface area contributed by atoms with Crippen LogP contribution in [0.2, 0.25) is 0 Å². The fourth-order valence-electron chi connectivity index (χ4n) is 3.08. The maximum atomic E-state index is 11.8.